The van der Waals surface area contributed by atoms with Crippen LogP contribution >= 0.6 is 22.7 Å². The molecule has 0 radical (unpaired) electrons. The van der Waals surface area contributed by atoms with Crippen molar-refractivity contribution in [3.8, 4) is 27.6 Å². The van der Waals surface area contributed by atoms with Crippen molar-refractivity contribution in [2.24, 2.45) is 0 Å². The zero-order chi connectivity index (χ0) is 32.6. The van der Waals surface area contributed by atoms with Crippen LogP contribution in [0.2, 0.25) is 0 Å². The van der Waals surface area contributed by atoms with Crippen LogP contribution in [0.15, 0.2) is 150 Å². The number of carbonyl (C=O) groups is 2. The first-order valence-corrected chi connectivity index (χ1v) is 17.5. The molecule has 0 aliphatic carbocycles. The van der Waals surface area contributed by atoms with Crippen molar-refractivity contribution < 1.29 is 9.59 Å². The number of nitrogens with one attached hydrogen (secondary N) is 2. The molecule has 0 saturated carbocycles. The predicted molar refractivity (Wildman–Crippen MR) is 197 cm³/mol. The van der Waals surface area contributed by atoms with E-state index >= 15 is 0 Å². The molecule has 0 spiro atoms. The number of thiophene rings is 2. The average Bonchev–Trinajstić information content (AvgIpc) is 3.99. The Morgan fingerprint density at radius 2 is 1.10 bits per heavy atom. The highest BCUT2D eigenvalue weighted by Crippen LogP contribution is 2.45. The third-order valence-corrected chi connectivity index (χ3v) is 11.2. The Morgan fingerprint density at radius 1 is 0.510 bits per heavy atom. The van der Waals surface area contributed by atoms with Gasteiger partial charge in [0.15, 0.2) is 0 Å². The third-order valence-electron chi connectivity index (χ3n) is 9.17. The van der Waals surface area contributed by atoms with Gasteiger partial charge in [0, 0.05) is 23.3 Å². The standard InChI is InChI=1S/C40H25N5O2S2/c46-39-33-34(40(47)41-35(33)31-17-10-22-48-31)36(42-39)32-19-18-30(49-32)28-23-29-38(45(28)26-15-8-3-9-16-26)37-27(44(29)25-13-6-2-7-14-25)20-21-43(37)24-11-4-1-5-12-24/h1-23H,(H,41,47)(H,42,46). The molecule has 0 atom stereocenters. The van der Waals surface area contributed by atoms with E-state index in [1.165, 1.54) is 11.3 Å². The van der Waals surface area contributed by atoms with Crippen LogP contribution in [0.5, 0.6) is 0 Å². The summed E-state index contributed by atoms with van der Waals surface area (Å²) in [7, 11) is 0. The lowest BCUT2D eigenvalue weighted by Crippen LogP contribution is -2.20. The smallest absolute Gasteiger partial charge is 0.258 e. The summed E-state index contributed by atoms with van der Waals surface area (Å²) in [6, 6.07) is 43.7. The number of fused-ring (bicyclic) bond motifs is 4. The lowest BCUT2D eigenvalue weighted by Gasteiger charge is -2.11. The molecule has 0 unspecified atom stereocenters. The fraction of sp³-hybridized carbons (Fsp3) is 0. The van der Waals surface area contributed by atoms with Gasteiger partial charge in [0.1, 0.15) is 0 Å². The number of carbonyl (C=O) groups excluding carboxylic acids is 2. The highest BCUT2D eigenvalue weighted by atomic mass is 32.1. The van der Waals surface area contributed by atoms with Crippen molar-refractivity contribution >= 4 is 67.9 Å². The molecule has 10 rings (SSSR count). The first kappa shape index (κ1) is 27.9. The van der Waals surface area contributed by atoms with E-state index in [0.29, 0.717) is 22.5 Å². The van der Waals surface area contributed by atoms with Gasteiger partial charge in [0.25, 0.3) is 11.8 Å². The van der Waals surface area contributed by atoms with Gasteiger partial charge in [0.05, 0.1) is 64.9 Å². The lowest BCUT2D eigenvalue weighted by molar-refractivity contribution is -0.117. The number of benzene rings is 3. The van der Waals surface area contributed by atoms with Crippen LogP contribution in [0, 0.1) is 0 Å². The molecule has 0 fully saturated rings. The molecule has 7 nitrogen and oxygen atoms in total. The van der Waals surface area contributed by atoms with Crippen LogP contribution in [0.25, 0.3) is 61.1 Å². The van der Waals surface area contributed by atoms with Gasteiger partial charge < -0.3 is 24.3 Å². The van der Waals surface area contributed by atoms with Gasteiger partial charge >= 0.3 is 0 Å². The lowest BCUT2D eigenvalue weighted by atomic mass is 10.1. The summed E-state index contributed by atoms with van der Waals surface area (Å²) in [6.07, 6.45) is 2.14. The summed E-state index contributed by atoms with van der Waals surface area (Å²) in [5.41, 5.74) is 10.5. The number of amides is 2. The number of hydrogen-bond acceptors (Lipinski definition) is 4. The Balaban J connectivity index is 1.23. The molecule has 2 aliphatic rings. The molecule has 3 aromatic carbocycles. The van der Waals surface area contributed by atoms with Crippen molar-refractivity contribution in [3.05, 3.63) is 160 Å². The molecule has 0 saturated heterocycles. The second-order valence-electron chi connectivity index (χ2n) is 11.9. The monoisotopic (exact) mass is 671 g/mol. The fourth-order valence-corrected chi connectivity index (χ4v) is 8.88. The van der Waals surface area contributed by atoms with Crippen molar-refractivity contribution in [1.29, 1.82) is 0 Å². The molecule has 234 valence electrons. The molecule has 2 N–H and O–H groups in total. The van der Waals surface area contributed by atoms with Gasteiger partial charge in [-0.05, 0) is 72.1 Å². The van der Waals surface area contributed by atoms with Crippen molar-refractivity contribution in [2.45, 2.75) is 0 Å². The van der Waals surface area contributed by atoms with Gasteiger partial charge in [-0.2, -0.15) is 0 Å². The van der Waals surface area contributed by atoms with Crippen LogP contribution in [0.4, 0.5) is 0 Å². The fourth-order valence-electron chi connectivity index (χ4n) is 7.13. The summed E-state index contributed by atoms with van der Waals surface area (Å²) < 4.78 is 6.92. The van der Waals surface area contributed by atoms with E-state index < -0.39 is 0 Å². The van der Waals surface area contributed by atoms with Crippen molar-refractivity contribution in [1.82, 2.24) is 24.3 Å². The van der Waals surface area contributed by atoms with Crippen LogP contribution in [0.1, 0.15) is 9.75 Å². The Kier molecular flexibility index (Phi) is 6.08. The average molecular weight is 672 g/mol. The molecule has 2 aliphatic heterocycles. The summed E-state index contributed by atoms with van der Waals surface area (Å²) >= 11 is 3.06. The van der Waals surface area contributed by atoms with Gasteiger partial charge in [-0.3, -0.25) is 9.59 Å². The Labute approximate surface area is 288 Å². The van der Waals surface area contributed by atoms with Crippen LogP contribution < -0.4 is 10.6 Å². The van der Waals surface area contributed by atoms with E-state index in [1.54, 1.807) is 11.3 Å². The van der Waals surface area contributed by atoms with Crippen LogP contribution in [0.3, 0.4) is 0 Å². The first-order chi connectivity index (χ1) is 24.2. The number of hydrogen-bond donors (Lipinski definition) is 2. The topological polar surface area (TPSA) is 73.0 Å². The predicted octanol–water partition coefficient (Wildman–Crippen LogP) is 8.54. The maximum Gasteiger partial charge on any atom is 0.258 e. The molecular weight excluding hydrogens is 647 g/mol. The Bertz CT molecular complexity index is 2670. The van der Waals surface area contributed by atoms with E-state index in [1.807, 2.05) is 41.8 Å². The molecule has 5 aromatic heterocycles. The number of nitrogens with zero attached hydrogens (tertiary/aromatic N) is 3. The quantitative estimate of drug-likeness (QED) is 0.186. The zero-order valence-electron chi connectivity index (χ0n) is 25.8. The second-order valence-corrected chi connectivity index (χ2v) is 13.9. The summed E-state index contributed by atoms with van der Waals surface area (Å²) in [4.78, 5) is 29.3. The van der Waals surface area contributed by atoms with Crippen LogP contribution in [-0.4, -0.2) is 25.5 Å². The van der Waals surface area contributed by atoms with Gasteiger partial charge in [-0.1, -0.05) is 60.7 Å². The first-order valence-electron chi connectivity index (χ1n) is 15.9. The van der Waals surface area contributed by atoms with Gasteiger partial charge in [-0.15, -0.1) is 22.7 Å². The SMILES string of the molecule is O=C1NC(c2ccc(-c3cc4c(c5c(ccn5-c5ccccc5)n4-c4ccccc4)n3-c3ccccc3)s2)=C2C(=O)NC(c3cccs3)=C12. The molecule has 49 heavy (non-hydrogen) atoms. The maximum atomic E-state index is 13.3. The summed E-state index contributed by atoms with van der Waals surface area (Å²) in [5, 5.41) is 7.92. The minimum Gasteiger partial charge on any atom is -0.320 e. The Hall–Kier alpha value is -6.16. The molecule has 0 bridgehead atoms. The van der Waals surface area contributed by atoms with E-state index in [-0.39, 0.29) is 11.8 Å². The summed E-state index contributed by atoms with van der Waals surface area (Å²) in [5.74, 6) is -0.526. The maximum absolute atomic E-state index is 13.3. The summed E-state index contributed by atoms with van der Waals surface area (Å²) in [6.45, 7) is 0. The highest BCUT2D eigenvalue weighted by Gasteiger charge is 2.41. The second kappa shape index (κ2) is 10.7. The van der Waals surface area contributed by atoms with Gasteiger partial charge in [-0.25, -0.2) is 0 Å². The van der Waals surface area contributed by atoms with E-state index in [2.05, 4.69) is 122 Å². The number of rotatable bonds is 6. The highest BCUT2D eigenvalue weighted by molar-refractivity contribution is 7.16. The van der Waals surface area contributed by atoms with E-state index in [4.69, 9.17) is 0 Å². The molecule has 9 heteroatoms. The van der Waals surface area contributed by atoms with Gasteiger partial charge in [0.2, 0.25) is 0 Å². The molecule has 8 aromatic rings. The number of aromatic nitrogens is 3. The largest absolute Gasteiger partial charge is 0.320 e. The van der Waals surface area contributed by atoms with Crippen molar-refractivity contribution in [2.75, 3.05) is 0 Å². The van der Waals surface area contributed by atoms with Crippen LogP contribution in [-0.2, 0) is 9.59 Å². The normalized spacial score (nSPS) is 14.4. The van der Waals surface area contributed by atoms with E-state index in [9.17, 15) is 9.59 Å². The molecular formula is C40H25N5O2S2. The van der Waals surface area contributed by atoms with E-state index in [0.717, 1.165) is 59.5 Å². The minimum absolute atomic E-state index is 0.263. The number of para-hydroxylation sites is 3. The minimum atomic E-state index is -0.263. The Morgan fingerprint density at radius 3 is 1.73 bits per heavy atom. The zero-order valence-corrected chi connectivity index (χ0v) is 27.4. The molecule has 7 heterocycles. The van der Waals surface area contributed by atoms with Crippen molar-refractivity contribution in [3.63, 3.8) is 0 Å². The molecule has 2 amide bonds. The third kappa shape index (κ3) is 4.13.